The van der Waals surface area contributed by atoms with Crippen LogP contribution in [0.2, 0.25) is 0 Å². The summed E-state index contributed by atoms with van der Waals surface area (Å²) < 4.78 is 17.1. The van der Waals surface area contributed by atoms with E-state index in [1.165, 1.54) is 0 Å². The summed E-state index contributed by atoms with van der Waals surface area (Å²) in [5, 5.41) is 35.3. The van der Waals surface area contributed by atoms with Gasteiger partial charge in [-0.3, -0.25) is 0 Å². The van der Waals surface area contributed by atoms with Gasteiger partial charge in [-0.15, -0.1) is 0 Å². The molecule has 0 bridgehead atoms. The fourth-order valence-electron chi connectivity index (χ4n) is 1.06. The summed E-state index contributed by atoms with van der Waals surface area (Å²) in [5.41, 5.74) is 0. The summed E-state index contributed by atoms with van der Waals surface area (Å²) in [6, 6.07) is 0. The third-order valence-corrected chi connectivity index (χ3v) is 1.82. The van der Waals surface area contributed by atoms with E-state index in [4.69, 9.17) is 20.4 Å². The number of aliphatic hydroxyl groups excluding tert-OH is 4. The number of alkyl halides is 1. The number of halogens is 1. The minimum absolute atomic E-state index is 0.581. The standard InChI is InChI=1S/C6H11FO5/c7-3-5(10)4(9)2(1-8)12-6(3)11/h2-6,8-11H,1H2/t2?,3?,4-,5+,6?/m0/s1. The second-order valence-corrected chi connectivity index (χ2v) is 2.67. The zero-order chi connectivity index (χ0) is 9.30. The molecule has 1 rings (SSSR count). The Balaban J connectivity index is 2.63. The number of ether oxygens (including phenoxy) is 1. The lowest BCUT2D eigenvalue weighted by Crippen LogP contribution is -2.56. The van der Waals surface area contributed by atoms with Crippen molar-refractivity contribution in [2.24, 2.45) is 0 Å². The quantitative estimate of drug-likeness (QED) is 0.368. The highest BCUT2D eigenvalue weighted by Gasteiger charge is 2.43. The minimum atomic E-state index is -2.04. The van der Waals surface area contributed by atoms with Crippen LogP contribution in [-0.2, 0) is 4.74 Å². The van der Waals surface area contributed by atoms with Gasteiger partial charge in [-0.25, -0.2) is 4.39 Å². The molecule has 1 heterocycles. The first-order chi connectivity index (χ1) is 5.57. The van der Waals surface area contributed by atoms with Gasteiger partial charge >= 0.3 is 0 Å². The largest absolute Gasteiger partial charge is 0.394 e. The molecule has 0 radical (unpaired) electrons. The van der Waals surface area contributed by atoms with Gasteiger partial charge in [0.05, 0.1) is 6.61 Å². The van der Waals surface area contributed by atoms with E-state index in [0.29, 0.717) is 0 Å². The molecule has 0 spiro atoms. The van der Waals surface area contributed by atoms with Crippen molar-refractivity contribution < 1.29 is 29.6 Å². The lowest BCUT2D eigenvalue weighted by atomic mass is 10.0. The third-order valence-electron chi connectivity index (χ3n) is 1.82. The number of rotatable bonds is 1. The smallest absolute Gasteiger partial charge is 0.189 e. The molecule has 1 fully saturated rings. The van der Waals surface area contributed by atoms with Crippen LogP contribution in [0.15, 0.2) is 0 Å². The van der Waals surface area contributed by atoms with E-state index >= 15 is 0 Å². The van der Waals surface area contributed by atoms with Gasteiger partial charge in [0.1, 0.15) is 18.3 Å². The molecule has 0 aromatic heterocycles. The molecule has 4 N–H and O–H groups in total. The second kappa shape index (κ2) is 3.63. The lowest BCUT2D eigenvalue weighted by Gasteiger charge is -2.36. The Morgan fingerprint density at radius 1 is 1.17 bits per heavy atom. The second-order valence-electron chi connectivity index (χ2n) is 2.67. The molecule has 0 aromatic carbocycles. The molecule has 1 aliphatic rings. The van der Waals surface area contributed by atoms with E-state index in [2.05, 4.69) is 4.74 Å². The number of hydrogen-bond acceptors (Lipinski definition) is 5. The summed E-state index contributed by atoms with van der Waals surface area (Å²) >= 11 is 0. The maximum atomic E-state index is 12.7. The van der Waals surface area contributed by atoms with Crippen molar-refractivity contribution >= 4 is 0 Å². The maximum absolute atomic E-state index is 12.7. The van der Waals surface area contributed by atoms with Crippen LogP contribution in [0.5, 0.6) is 0 Å². The molecule has 0 saturated carbocycles. The first-order valence-electron chi connectivity index (χ1n) is 3.52. The average Bonchev–Trinajstić information content (AvgIpc) is 2.08. The van der Waals surface area contributed by atoms with Gasteiger partial charge in [0.25, 0.3) is 0 Å². The normalized spacial score (nSPS) is 49.2. The Morgan fingerprint density at radius 2 is 1.75 bits per heavy atom. The van der Waals surface area contributed by atoms with E-state index in [9.17, 15) is 4.39 Å². The maximum Gasteiger partial charge on any atom is 0.189 e. The SMILES string of the molecule is OCC1OC(O)C(F)[C@@H](O)[C@H]1O. The number of hydrogen-bond donors (Lipinski definition) is 4. The van der Waals surface area contributed by atoms with Gasteiger partial charge in [0.15, 0.2) is 12.5 Å². The first-order valence-corrected chi connectivity index (χ1v) is 3.52. The van der Waals surface area contributed by atoms with Gasteiger partial charge in [-0.05, 0) is 0 Å². The van der Waals surface area contributed by atoms with Crippen LogP contribution in [0.4, 0.5) is 4.39 Å². The summed E-state index contributed by atoms with van der Waals surface area (Å²) in [5.74, 6) is 0. The van der Waals surface area contributed by atoms with Crippen molar-refractivity contribution in [2.75, 3.05) is 6.61 Å². The Hall–Kier alpha value is -0.270. The molecule has 0 aromatic rings. The Kier molecular flexibility index (Phi) is 2.97. The predicted molar refractivity (Wildman–Crippen MR) is 34.9 cm³/mol. The zero-order valence-corrected chi connectivity index (χ0v) is 6.17. The highest BCUT2D eigenvalue weighted by atomic mass is 19.1. The van der Waals surface area contributed by atoms with Crippen molar-refractivity contribution in [2.45, 2.75) is 30.8 Å². The van der Waals surface area contributed by atoms with Crippen LogP contribution < -0.4 is 0 Å². The van der Waals surface area contributed by atoms with E-state index < -0.39 is 37.4 Å². The highest BCUT2D eigenvalue weighted by molar-refractivity contribution is 4.88. The van der Waals surface area contributed by atoms with E-state index in [1.54, 1.807) is 0 Å². The van der Waals surface area contributed by atoms with Crippen molar-refractivity contribution in [3.05, 3.63) is 0 Å². The van der Waals surface area contributed by atoms with Crippen molar-refractivity contribution in [3.63, 3.8) is 0 Å². The number of aliphatic hydroxyl groups is 4. The van der Waals surface area contributed by atoms with Gasteiger partial charge in [0.2, 0.25) is 0 Å². The van der Waals surface area contributed by atoms with Gasteiger partial charge in [-0.2, -0.15) is 0 Å². The zero-order valence-electron chi connectivity index (χ0n) is 6.17. The molecule has 1 saturated heterocycles. The summed E-state index contributed by atoms with van der Waals surface area (Å²) in [6.45, 7) is -0.581. The van der Waals surface area contributed by atoms with E-state index in [-0.39, 0.29) is 0 Å². The summed E-state index contributed by atoms with van der Waals surface area (Å²) in [7, 11) is 0. The topological polar surface area (TPSA) is 90.2 Å². The Morgan fingerprint density at radius 3 is 2.25 bits per heavy atom. The highest BCUT2D eigenvalue weighted by Crippen LogP contribution is 2.21. The van der Waals surface area contributed by atoms with Gasteiger partial charge in [0, 0.05) is 0 Å². The lowest BCUT2D eigenvalue weighted by molar-refractivity contribution is -0.271. The molecular weight excluding hydrogens is 171 g/mol. The predicted octanol–water partition coefficient (Wildman–Crippen LogP) is -2.24. The molecule has 5 nitrogen and oxygen atoms in total. The van der Waals surface area contributed by atoms with E-state index in [1.807, 2.05) is 0 Å². The molecule has 72 valence electrons. The summed E-state index contributed by atoms with van der Waals surface area (Å²) in [4.78, 5) is 0. The van der Waals surface area contributed by atoms with Crippen LogP contribution in [-0.4, -0.2) is 57.8 Å². The molecule has 6 heteroatoms. The molecule has 5 atom stereocenters. The first kappa shape index (κ1) is 9.82. The van der Waals surface area contributed by atoms with Crippen LogP contribution in [0.3, 0.4) is 0 Å². The van der Waals surface area contributed by atoms with Gasteiger partial charge in [-0.1, -0.05) is 0 Å². The summed E-state index contributed by atoms with van der Waals surface area (Å²) in [6.07, 6.45) is -8.19. The molecular formula is C6H11FO5. The molecule has 0 aliphatic carbocycles. The van der Waals surface area contributed by atoms with Crippen molar-refractivity contribution in [1.82, 2.24) is 0 Å². The molecule has 12 heavy (non-hydrogen) atoms. The minimum Gasteiger partial charge on any atom is -0.394 e. The third kappa shape index (κ3) is 1.57. The van der Waals surface area contributed by atoms with Crippen LogP contribution in [0, 0.1) is 0 Å². The van der Waals surface area contributed by atoms with Crippen molar-refractivity contribution in [1.29, 1.82) is 0 Å². The fraction of sp³-hybridized carbons (Fsp3) is 1.00. The average molecular weight is 182 g/mol. The Labute approximate surface area is 68.0 Å². The Bertz CT molecular complexity index is 150. The van der Waals surface area contributed by atoms with Crippen LogP contribution in [0.1, 0.15) is 0 Å². The van der Waals surface area contributed by atoms with E-state index in [0.717, 1.165) is 0 Å². The molecule has 3 unspecified atom stereocenters. The van der Waals surface area contributed by atoms with Crippen molar-refractivity contribution in [3.8, 4) is 0 Å². The van der Waals surface area contributed by atoms with Crippen LogP contribution in [0.25, 0.3) is 0 Å². The van der Waals surface area contributed by atoms with Crippen LogP contribution >= 0.6 is 0 Å². The fourth-order valence-corrected chi connectivity index (χ4v) is 1.06. The molecule has 1 aliphatic heterocycles. The molecule has 0 amide bonds. The van der Waals surface area contributed by atoms with Gasteiger partial charge < -0.3 is 25.2 Å². The monoisotopic (exact) mass is 182 g/mol.